The maximum atomic E-state index is 13.0. The zero-order valence-corrected chi connectivity index (χ0v) is 16.5. The van der Waals surface area contributed by atoms with Crippen LogP contribution in [0.2, 0.25) is 0 Å². The van der Waals surface area contributed by atoms with E-state index in [0.29, 0.717) is 30.8 Å². The number of hydrogen-bond donors (Lipinski definition) is 1. The van der Waals surface area contributed by atoms with Crippen molar-refractivity contribution in [1.29, 1.82) is 0 Å². The number of methoxy groups -OCH3 is 1. The summed E-state index contributed by atoms with van der Waals surface area (Å²) in [6, 6.07) is 11.2. The summed E-state index contributed by atoms with van der Waals surface area (Å²) in [6.07, 6.45) is 1.16. The second-order valence-electron chi connectivity index (χ2n) is 6.69. The fourth-order valence-corrected chi connectivity index (χ4v) is 4.93. The molecule has 1 atom stereocenters. The van der Waals surface area contributed by atoms with Gasteiger partial charge in [0.05, 0.1) is 12.0 Å². The minimum absolute atomic E-state index is 0.162. The first kappa shape index (κ1) is 19.4. The Kier molecular flexibility index (Phi) is 5.53. The summed E-state index contributed by atoms with van der Waals surface area (Å²) >= 11 is 0. The van der Waals surface area contributed by atoms with E-state index in [1.807, 2.05) is 32.0 Å². The fourth-order valence-electron chi connectivity index (χ4n) is 3.28. The average molecular weight is 388 g/mol. The van der Waals surface area contributed by atoms with E-state index in [4.69, 9.17) is 4.74 Å². The van der Waals surface area contributed by atoms with E-state index in [2.05, 4.69) is 5.32 Å². The molecule has 0 aromatic heterocycles. The van der Waals surface area contributed by atoms with Gasteiger partial charge < -0.3 is 10.1 Å². The van der Waals surface area contributed by atoms with Crippen LogP contribution in [-0.4, -0.2) is 38.3 Å². The smallest absolute Gasteiger partial charge is 0.243 e. The lowest BCUT2D eigenvalue weighted by molar-refractivity contribution is -0.119. The summed E-state index contributed by atoms with van der Waals surface area (Å²) in [5.41, 5.74) is 2.77. The molecule has 1 heterocycles. The van der Waals surface area contributed by atoms with Gasteiger partial charge in [0.25, 0.3) is 0 Å². The minimum atomic E-state index is -3.75. The number of carbonyl (C=O) groups excluding carboxylic acids is 1. The number of aryl methyl sites for hydroxylation is 1. The molecule has 1 aliphatic heterocycles. The quantitative estimate of drug-likeness (QED) is 0.854. The molecule has 3 rings (SSSR count). The van der Waals surface area contributed by atoms with Crippen molar-refractivity contribution < 1.29 is 17.9 Å². The van der Waals surface area contributed by atoms with Crippen molar-refractivity contribution in [3.8, 4) is 5.75 Å². The van der Waals surface area contributed by atoms with E-state index < -0.39 is 16.1 Å². The van der Waals surface area contributed by atoms with Gasteiger partial charge in [-0.25, -0.2) is 8.42 Å². The van der Waals surface area contributed by atoms with Crippen LogP contribution in [0, 0.1) is 13.8 Å². The van der Waals surface area contributed by atoms with E-state index >= 15 is 0 Å². The molecule has 0 spiro atoms. The van der Waals surface area contributed by atoms with Gasteiger partial charge >= 0.3 is 0 Å². The third-order valence-corrected chi connectivity index (χ3v) is 6.96. The summed E-state index contributed by atoms with van der Waals surface area (Å²) in [4.78, 5) is 13.0. The van der Waals surface area contributed by atoms with Crippen LogP contribution in [-0.2, 0) is 14.8 Å². The standard InChI is InChI=1S/C20H24N2O4S/c1-14-6-4-7-18(15(14)2)21-20(23)19-8-5-13-22(19)27(24,25)17-11-9-16(26-3)10-12-17/h4,6-7,9-12,19H,5,8,13H2,1-3H3,(H,21,23). The van der Waals surface area contributed by atoms with Crippen molar-refractivity contribution in [3.63, 3.8) is 0 Å². The van der Waals surface area contributed by atoms with E-state index in [1.165, 1.54) is 23.5 Å². The number of anilines is 1. The topological polar surface area (TPSA) is 75.7 Å². The van der Waals surface area contributed by atoms with Crippen molar-refractivity contribution in [1.82, 2.24) is 4.31 Å². The van der Waals surface area contributed by atoms with Crippen molar-refractivity contribution in [2.45, 2.75) is 37.6 Å². The van der Waals surface area contributed by atoms with Crippen molar-refractivity contribution in [2.75, 3.05) is 19.0 Å². The number of carbonyl (C=O) groups is 1. The average Bonchev–Trinajstić information content (AvgIpc) is 3.16. The van der Waals surface area contributed by atoms with Gasteiger partial charge in [-0.3, -0.25) is 4.79 Å². The molecular weight excluding hydrogens is 364 g/mol. The van der Waals surface area contributed by atoms with Crippen LogP contribution in [0.5, 0.6) is 5.75 Å². The molecule has 1 N–H and O–H groups in total. The Bertz CT molecular complexity index is 939. The SMILES string of the molecule is COc1ccc(S(=O)(=O)N2CCCC2C(=O)Nc2cccc(C)c2C)cc1. The highest BCUT2D eigenvalue weighted by Crippen LogP contribution is 2.28. The summed E-state index contributed by atoms with van der Waals surface area (Å²) < 4.78 is 32.4. The van der Waals surface area contributed by atoms with Gasteiger partial charge in [0, 0.05) is 12.2 Å². The number of rotatable bonds is 5. The predicted molar refractivity (Wildman–Crippen MR) is 104 cm³/mol. The van der Waals surface area contributed by atoms with Crippen LogP contribution in [0.25, 0.3) is 0 Å². The number of nitrogens with zero attached hydrogens (tertiary/aromatic N) is 1. The zero-order valence-electron chi connectivity index (χ0n) is 15.7. The second-order valence-corrected chi connectivity index (χ2v) is 8.58. The molecule has 1 fully saturated rings. The Morgan fingerprint density at radius 1 is 1.15 bits per heavy atom. The Morgan fingerprint density at radius 2 is 1.85 bits per heavy atom. The summed E-state index contributed by atoms with van der Waals surface area (Å²) in [6.45, 7) is 4.24. The van der Waals surface area contributed by atoms with E-state index in [-0.39, 0.29) is 10.8 Å². The molecule has 0 bridgehead atoms. The summed E-state index contributed by atoms with van der Waals surface area (Å²) in [5.74, 6) is 0.290. The van der Waals surface area contributed by atoms with Gasteiger partial charge in [-0.2, -0.15) is 4.31 Å². The molecule has 7 heteroatoms. The maximum Gasteiger partial charge on any atom is 0.243 e. The monoisotopic (exact) mass is 388 g/mol. The molecule has 1 amide bonds. The molecule has 1 aliphatic rings. The molecule has 1 saturated heterocycles. The Hall–Kier alpha value is -2.38. The third kappa shape index (κ3) is 3.84. The van der Waals surface area contributed by atoms with Crippen LogP contribution in [0.3, 0.4) is 0 Å². The molecule has 0 aliphatic carbocycles. The lowest BCUT2D eigenvalue weighted by Gasteiger charge is -2.24. The normalized spacial score (nSPS) is 17.7. The highest BCUT2D eigenvalue weighted by Gasteiger charge is 2.39. The first-order chi connectivity index (χ1) is 12.8. The highest BCUT2D eigenvalue weighted by molar-refractivity contribution is 7.89. The Balaban J connectivity index is 1.83. The molecule has 0 saturated carbocycles. The first-order valence-corrected chi connectivity index (χ1v) is 10.3. The van der Waals surface area contributed by atoms with Crippen molar-refractivity contribution in [2.24, 2.45) is 0 Å². The van der Waals surface area contributed by atoms with Crippen LogP contribution in [0.4, 0.5) is 5.69 Å². The molecule has 2 aromatic rings. The van der Waals surface area contributed by atoms with Crippen LogP contribution in [0.1, 0.15) is 24.0 Å². The minimum Gasteiger partial charge on any atom is -0.497 e. The second kappa shape index (κ2) is 7.70. The lowest BCUT2D eigenvalue weighted by atomic mass is 10.1. The molecular formula is C20H24N2O4S. The first-order valence-electron chi connectivity index (χ1n) is 8.87. The fraction of sp³-hybridized carbons (Fsp3) is 0.350. The molecule has 27 heavy (non-hydrogen) atoms. The molecule has 1 unspecified atom stereocenters. The van der Waals surface area contributed by atoms with Crippen LogP contribution in [0.15, 0.2) is 47.4 Å². The van der Waals surface area contributed by atoms with Crippen LogP contribution >= 0.6 is 0 Å². The van der Waals surface area contributed by atoms with Crippen molar-refractivity contribution in [3.05, 3.63) is 53.6 Å². The van der Waals surface area contributed by atoms with E-state index in [1.54, 1.807) is 12.1 Å². The van der Waals surface area contributed by atoms with E-state index in [0.717, 1.165) is 11.1 Å². The van der Waals surface area contributed by atoms with Gasteiger partial charge in [-0.1, -0.05) is 12.1 Å². The number of amides is 1. The van der Waals surface area contributed by atoms with Crippen LogP contribution < -0.4 is 10.1 Å². The van der Waals surface area contributed by atoms with Gasteiger partial charge in [0.15, 0.2) is 0 Å². The van der Waals surface area contributed by atoms with Gasteiger partial charge in [-0.15, -0.1) is 0 Å². The third-order valence-electron chi connectivity index (χ3n) is 5.03. The Morgan fingerprint density at radius 3 is 2.52 bits per heavy atom. The molecule has 0 radical (unpaired) electrons. The summed E-state index contributed by atoms with van der Waals surface area (Å²) in [5, 5.41) is 2.90. The molecule has 2 aromatic carbocycles. The number of ether oxygens (including phenoxy) is 1. The van der Waals surface area contributed by atoms with Gasteiger partial charge in [0.1, 0.15) is 11.8 Å². The lowest BCUT2D eigenvalue weighted by Crippen LogP contribution is -2.43. The zero-order chi connectivity index (χ0) is 19.6. The van der Waals surface area contributed by atoms with E-state index in [9.17, 15) is 13.2 Å². The number of hydrogen-bond acceptors (Lipinski definition) is 4. The highest BCUT2D eigenvalue weighted by atomic mass is 32.2. The van der Waals surface area contributed by atoms with Gasteiger partial charge in [-0.05, 0) is 68.1 Å². The van der Waals surface area contributed by atoms with Crippen molar-refractivity contribution >= 4 is 21.6 Å². The van der Waals surface area contributed by atoms with Gasteiger partial charge in [0.2, 0.25) is 15.9 Å². The number of sulfonamides is 1. The summed E-state index contributed by atoms with van der Waals surface area (Å²) in [7, 11) is -2.23. The molecule has 6 nitrogen and oxygen atoms in total. The number of nitrogens with one attached hydrogen (secondary N) is 1. The maximum absolute atomic E-state index is 13.0. The largest absolute Gasteiger partial charge is 0.497 e. The number of benzene rings is 2. The molecule has 144 valence electrons. The Labute approximate surface area is 160 Å². The predicted octanol–water partition coefficient (Wildman–Crippen LogP) is 3.10.